The van der Waals surface area contributed by atoms with Crippen molar-refractivity contribution in [3.05, 3.63) is 70.3 Å². The van der Waals surface area contributed by atoms with Gasteiger partial charge in [0, 0.05) is 37.9 Å². The predicted octanol–water partition coefficient (Wildman–Crippen LogP) is 4.03. The van der Waals surface area contributed by atoms with Gasteiger partial charge in [-0.25, -0.2) is 0 Å². The van der Waals surface area contributed by atoms with Crippen LogP contribution in [0.15, 0.2) is 48.5 Å². The van der Waals surface area contributed by atoms with E-state index in [2.05, 4.69) is 5.32 Å². The minimum Gasteiger partial charge on any atom is -0.337 e. The molecule has 0 aromatic heterocycles. The van der Waals surface area contributed by atoms with Crippen LogP contribution < -0.4 is 5.32 Å². The maximum absolute atomic E-state index is 13.0. The summed E-state index contributed by atoms with van der Waals surface area (Å²) in [6.45, 7) is 1.75. The zero-order chi connectivity index (χ0) is 24.0. The summed E-state index contributed by atoms with van der Waals surface area (Å²) in [7, 11) is 0. The number of nitrogens with one attached hydrogen (secondary N) is 1. The van der Waals surface area contributed by atoms with Crippen LogP contribution in [0.3, 0.4) is 0 Å². The molecule has 1 fully saturated rings. The Kier molecular flexibility index (Phi) is 7.74. The summed E-state index contributed by atoms with van der Waals surface area (Å²) in [5, 5.41) is 10.8. The molecule has 2 aromatic carbocycles. The molecular weight excluding hydrogens is 457 g/mol. The maximum atomic E-state index is 13.0. The predicted molar refractivity (Wildman–Crippen MR) is 118 cm³/mol. The molecule has 1 saturated heterocycles. The number of alkyl halides is 3. The molecule has 0 atom stereocenters. The topological polar surface area (TPSA) is 76.4 Å². The SMILES string of the molecule is N#Cc1ccc(/C=C/C(=O)N2CCN(CC(=O)Nc3ccc(Cl)c(C(F)(F)F)c3)CC2)cc1. The Morgan fingerprint density at radius 3 is 2.36 bits per heavy atom. The second-order valence-corrected chi connectivity index (χ2v) is 7.82. The Labute approximate surface area is 193 Å². The number of anilines is 1. The Bertz CT molecular complexity index is 1090. The second-order valence-electron chi connectivity index (χ2n) is 7.41. The van der Waals surface area contributed by atoms with Crippen molar-refractivity contribution in [1.29, 1.82) is 5.26 Å². The largest absolute Gasteiger partial charge is 0.417 e. The minimum absolute atomic E-state index is 0.00686. The van der Waals surface area contributed by atoms with Crippen molar-refractivity contribution in [2.24, 2.45) is 0 Å². The highest BCUT2D eigenvalue weighted by molar-refractivity contribution is 6.31. The van der Waals surface area contributed by atoms with E-state index in [1.807, 2.05) is 11.0 Å². The van der Waals surface area contributed by atoms with Gasteiger partial charge in [0.25, 0.3) is 0 Å². The first-order chi connectivity index (χ1) is 15.7. The van der Waals surface area contributed by atoms with Gasteiger partial charge in [-0.2, -0.15) is 18.4 Å². The first kappa shape index (κ1) is 24.3. The summed E-state index contributed by atoms with van der Waals surface area (Å²) < 4.78 is 38.9. The molecule has 0 saturated carbocycles. The van der Waals surface area contributed by atoms with E-state index in [9.17, 15) is 22.8 Å². The standard InChI is InChI=1S/C23H20ClF3N4O2/c24-20-7-6-18(13-19(20)23(25,26)27)29-21(32)15-30-9-11-31(12-10-30)22(33)8-5-16-1-3-17(14-28)4-2-16/h1-8,13H,9-12,15H2,(H,29,32)/b8-5+. The number of halogens is 4. The van der Waals surface area contributed by atoms with Crippen LogP contribution in [0.25, 0.3) is 6.08 Å². The summed E-state index contributed by atoms with van der Waals surface area (Å²) in [6.07, 6.45) is -1.48. The molecule has 0 bridgehead atoms. The number of rotatable bonds is 5. The molecule has 1 N–H and O–H groups in total. The molecule has 0 radical (unpaired) electrons. The lowest BCUT2D eigenvalue weighted by molar-refractivity contribution is -0.137. The zero-order valence-electron chi connectivity index (χ0n) is 17.4. The number of piperazine rings is 1. The van der Waals surface area contributed by atoms with E-state index in [0.717, 1.165) is 17.7 Å². The van der Waals surface area contributed by atoms with Crippen molar-refractivity contribution >= 4 is 35.2 Å². The van der Waals surface area contributed by atoms with Crippen LogP contribution in [0.1, 0.15) is 16.7 Å². The summed E-state index contributed by atoms with van der Waals surface area (Å²) in [5.41, 5.74) is 0.339. The van der Waals surface area contributed by atoms with Crippen LogP contribution in [0.5, 0.6) is 0 Å². The van der Waals surface area contributed by atoms with E-state index in [4.69, 9.17) is 16.9 Å². The molecule has 33 heavy (non-hydrogen) atoms. The van der Waals surface area contributed by atoms with Crippen LogP contribution >= 0.6 is 11.6 Å². The maximum Gasteiger partial charge on any atom is 0.417 e. The molecular formula is C23H20ClF3N4O2. The quantitative estimate of drug-likeness (QED) is 0.661. The monoisotopic (exact) mass is 476 g/mol. The van der Waals surface area contributed by atoms with E-state index in [1.165, 1.54) is 12.1 Å². The molecule has 2 amide bonds. The van der Waals surface area contributed by atoms with Crippen LogP contribution in [0.2, 0.25) is 5.02 Å². The number of hydrogen-bond donors (Lipinski definition) is 1. The molecule has 1 aliphatic rings. The van der Waals surface area contributed by atoms with Gasteiger partial charge in [-0.15, -0.1) is 0 Å². The summed E-state index contributed by atoms with van der Waals surface area (Å²) in [4.78, 5) is 28.1. The molecule has 2 aromatic rings. The van der Waals surface area contributed by atoms with Crippen molar-refractivity contribution in [2.45, 2.75) is 6.18 Å². The number of nitriles is 1. The van der Waals surface area contributed by atoms with Crippen molar-refractivity contribution in [3.8, 4) is 6.07 Å². The average Bonchev–Trinajstić information content (AvgIpc) is 2.78. The number of benzene rings is 2. The van der Waals surface area contributed by atoms with Crippen molar-refractivity contribution in [2.75, 3.05) is 38.0 Å². The fraction of sp³-hybridized carbons (Fsp3) is 0.261. The van der Waals surface area contributed by atoms with Gasteiger partial charge in [0.1, 0.15) is 0 Å². The molecule has 1 heterocycles. The first-order valence-electron chi connectivity index (χ1n) is 10.0. The number of hydrogen-bond acceptors (Lipinski definition) is 4. The Morgan fingerprint density at radius 1 is 1.09 bits per heavy atom. The highest BCUT2D eigenvalue weighted by atomic mass is 35.5. The fourth-order valence-electron chi connectivity index (χ4n) is 3.29. The van der Waals surface area contributed by atoms with E-state index >= 15 is 0 Å². The van der Waals surface area contributed by atoms with Crippen LogP contribution in [0, 0.1) is 11.3 Å². The van der Waals surface area contributed by atoms with Crippen LogP contribution in [-0.2, 0) is 15.8 Å². The molecule has 172 valence electrons. The van der Waals surface area contributed by atoms with Gasteiger partial charge >= 0.3 is 6.18 Å². The average molecular weight is 477 g/mol. The Hall–Kier alpha value is -3.35. The van der Waals surface area contributed by atoms with Gasteiger partial charge in [0.05, 0.1) is 28.8 Å². The van der Waals surface area contributed by atoms with E-state index in [-0.39, 0.29) is 18.1 Å². The van der Waals surface area contributed by atoms with Gasteiger partial charge in [0.2, 0.25) is 11.8 Å². The number of carbonyl (C=O) groups is 2. The third-order valence-electron chi connectivity index (χ3n) is 5.06. The van der Waals surface area contributed by atoms with Crippen molar-refractivity contribution < 1.29 is 22.8 Å². The number of carbonyl (C=O) groups excluding carboxylic acids is 2. The number of amides is 2. The van der Waals surface area contributed by atoms with Crippen molar-refractivity contribution in [1.82, 2.24) is 9.80 Å². The van der Waals surface area contributed by atoms with Gasteiger partial charge < -0.3 is 10.2 Å². The lowest BCUT2D eigenvalue weighted by Crippen LogP contribution is -2.50. The number of nitrogens with zero attached hydrogens (tertiary/aromatic N) is 3. The van der Waals surface area contributed by atoms with Crippen molar-refractivity contribution in [3.63, 3.8) is 0 Å². The summed E-state index contributed by atoms with van der Waals surface area (Å²) >= 11 is 5.59. The normalized spacial score (nSPS) is 14.8. The Morgan fingerprint density at radius 2 is 1.76 bits per heavy atom. The minimum atomic E-state index is -4.62. The zero-order valence-corrected chi connectivity index (χ0v) is 18.2. The van der Waals surface area contributed by atoms with Gasteiger partial charge in [0.15, 0.2) is 0 Å². The summed E-state index contributed by atoms with van der Waals surface area (Å²) in [6, 6.07) is 12.1. The highest BCUT2D eigenvalue weighted by Gasteiger charge is 2.33. The van der Waals surface area contributed by atoms with Gasteiger partial charge in [-0.05, 0) is 42.0 Å². The molecule has 3 rings (SSSR count). The fourth-order valence-corrected chi connectivity index (χ4v) is 3.52. The molecule has 10 heteroatoms. The third kappa shape index (κ3) is 6.81. The van der Waals surface area contributed by atoms with E-state index < -0.39 is 22.7 Å². The molecule has 0 spiro atoms. The highest BCUT2D eigenvalue weighted by Crippen LogP contribution is 2.36. The first-order valence-corrected chi connectivity index (χ1v) is 10.4. The van der Waals surface area contributed by atoms with Gasteiger partial charge in [-0.3, -0.25) is 14.5 Å². The lowest BCUT2D eigenvalue weighted by atomic mass is 10.1. The Balaban J connectivity index is 1.48. The van der Waals surface area contributed by atoms with Crippen LogP contribution in [0.4, 0.5) is 18.9 Å². The second kappa shape index (κ2) is 10.5. The third-order valence-corrected chi connectivity index (χ3v) is 5.39. The van der Waals surface area contributed by atoms with E-state index in [0.29, 0.717) is 31.7 Å². The lowest BCUT2D eigenvalue weighted by Gasteiger charge is -2.33. The summed E-state index contributed by atoms with van der Waals surface area (Å²) in [5.74, 6) is -0.616. The molecule has 6 nitrogen and oxygen atoms in total. The molecule has 0 unspecified atom stereocenters. The van der Waals surface area contributed by atoms with Gasteiger partial charge in [-0.1, -0.05) is 23.7 Å². The van der Waals surface area contributed by atoms with Crippen LogP contribution in [-0.4, -0.2) is 54.3 Å². The smallest absolute Gasteiger partial charge is 0.337 e. The van der Waals surface area contributed by atoms with E-state index in [1.54, 1.807) is 35.2 Å². The molecule has 0 aliphatic carbocycles. The molecule has 1 aliphatic heterocycles.